The lowest BCUT2D eigenvalue weighted by Gasteiger charge is -2.26. The maximum absolute atomic E-state index is 12.2. The number of aliphatic hydroxyl groups is 1. The van der Waals surface area contributed by atoms with E-state index in [1.807, 2.05) is 13.0 Å². The molecule has 0 saturated carbocycles. The van der Waals surface area contributed by atoms with Crippen molar-refractivity contribution in [2.45, 2.75) is 26.0 Å². The zero-order chi connectivity index (χ0) is 16.0. The Kier molecular flexibility index (Phi) is 6.61. The summed E-state index contributed by atoms with van der Waals surface area (Å²) in [5.41, 5.74) is 8.01. The van der Waals surface area contributed by atoms with Gasteiger partial charge in [-0.2, -0.15) is 0 Å². The summed E-state index contributed by atoms with van der Waals surface area (Å²) >= 11 is 0. The minimum Gasteiger partial charge on any atom is -0.399 e. The first-order valence-electron chi connectivity index (χ1n) is 6.89. The Bertz CT molecular complexity index is 479. The van der Waals surface area contributed by atoms with Crippen LogP contribution in [0.2, 0.25) is 0 Å². The predicted molar refractivity (Wildman–Crippen MR) is 84.2 cm³/mol. The molecule has 0 fully saturated rings. The molecule has 1 aromatic carbocycles. The van der Waals surface area contributed by atoms with Crippen molar-refractivity contribution in [2.75, 3.05) is 38.4 Å². The van der Waals surface area contributed by atoms with Crippen LogP contribution >= 0.6 is 0 Å². The van der Waals surface area contributed by atoms with Crippen LogP contribution in [0.3, 0.4) is 0 Å². The summed E-state index contributed by atoms with van der Waals surface area (Å²) in [4.78, 5) is 14.0. The Balaban J connectivity index is 2.61. The Labute approximate surface area is 125 Å². The van der Waals surface area contributed by atoms with Crippen LogP contribution in [0.4, 0.5) is 11.4 Å². The molecule has 4 N–H and O–H groups in total. The fourth-order valence-electron chi connectivity index (χ4n) is 2.00. The number of nitrogen functional groups attached to an aromatic ring is 1. The number of amides is 1. The molecule has 2 unspecified atom stereocenters. The Hall–Kier alpha value is -1.63. The van der Waals surface area contributed by atoms with Gasteiger partial charge in [-0.1, -0.05) is 0 Å². The first-order valence-corrected chi connectivity index (χ1v) is 6.89. The van der Waals surface area contributed by atoms with E-state index in [1.54, 1.807) is 31.0 Å². The average Bonchev–Trinajstić information content (AvgIpc) is 2.41. The molecule has 0 aliphatic heterocycles. The van der Waals surface area contributed by atoms with E-state index < -0.39 is 6.10 Å². The van der Waals surface area contributed by atoms with Gasteiger partial charge in [-0.05, 0) is 44.7 Å². The van der Waals surface area contributed by atoms with Crippen LogP contribution in [0, 0.1) is 6.92 Å². The lowest BCUT2D eigenvalue weighted by molar-refractivity contribution is -0.120. The molecule has 6 heteroatoms. The number of ether oxygens (including phenoxy) is 1. The van der Waals surface area contributed by atoms with Crippen molar-refractivity contribution >= 4 is 17.3 Å². The lowest BCUT2D eigenvalue weighted by atomic mass is 10.1. The van der Waals surface area contributed by atoms with Gasteiger partial charge in [0.1, 0.15) is 0 Å². The SMILES string of the molecule is COCC(O)CN(C)C(C)C(=O)Nc1ccc(N)cc1C. The molecular formula is C15H25N3O3. The number of nitrogens with one attached hydrogen (secondary N) is 1. The van der Waals surface area contributed by atoms with E-state index in [4.69, 9.17) is 10.5 Å². The Morgan fingerprint density at radius 1 is 1.52 bits per heavy atom. The lowest BCUT2D eigenvalue weighted by Crippen LogP contribution is -2.44. The highest BCUT2D eigenvalue weighted by molar-refractivity contribution is 5.95. The van der Waals surface area contributed by atoms with Crippen LogP contribution in [-0.2, 0) is 9.53 Å². The molecule has 0 aliphatic rings. The summed E-state index contributed by atoms with van der Waals surface area (Å²) < 4.78 is 4.88. The van der Waals surface area contributed by atoms with E-state index in [2.05, 4.69) is 5.32 Å². The molecule has 2 atom stereocenters. The van der Waals surface area contributed by atoms with Gasteiger partial charge in [0, 0.05) is 25.0 Å². The van der Waals surface area contributed by atoms with Crippen LogP contribution < -0.4 is 11.1 Å². The smallest absolute Gasteiger partial charge is 0.241 e. The second kappa shape index (κ2) is 7.97. The third-order valence-corrected chi connectivity index (χ3v) is 3.41. The molecule has 0 spiro atoms. The van der Waals surface area contributed by atoms with Crippen molar-refractivity contribution in [3.05, 3.63) is 23.8 Å². The Morgan fingerprint density at radius 2 is 2.19 bits per heavy atom. The molecule has 0 radical (unpaired) electrons. The van der Waals surface area contributed by atoms with Gasteiger partial charge in [0.15, 0.2) is 0 Å². The van der Waals surface area contributed by atoms with Gasteiger partial charge >= 0.3 is 0 Å². The minimum absolute atomic E-state index is 0.130. The molecule has 0 bridgehead atoms. The van der Waals surface area contributed by atoms with Gasteiger partial charge in [-0.15, -0.1) is 0 Å². The number of carbonyl (C=O) groups excluding carboxylic acids is 1. The van der Waals surface area contributed by atoms with Crippen molar-refractivity contribution in [3.8, 4) is 0 Å². The molecule has 1 aromatic rings. The van der Waals surface area contributed by atoms with E-state index >= 15 is 0 Å². The summed E-state index contributed by atoms with van der Waals surface area (Å²) in [5, 5.41) is 12.6. The number of nitrogens with zero attached hydrogens (tertiary/aromatic N) is 1. The summed E-state index contributed by atoms with van der Waals surface area (Å²) in [6.45, 7) is 4.29. The summed E-state index contributed by atoms with van der Waals surface area (Å²) in [6, 6.07) is 4.98. The standard InChI is InChI=1S/C15H25N3O3/c1-10-7-12(16)5-6-14(10)17-15(20)11(2)18(3)8-13(19)9-21-4/h5-7,11,13,19H,8-9,16H2,1-4H3,(H,17,20). The largest absolute Gasteiger partial charge is 0.399 e. The van der Waals surface area contributed by atoms with Crippen molar-refractivity contribution in [1.29, 1.82) is 0 Å². The highest BCUT2D eigenvalue weighted by Gasteiger charge is 2.20. The van der Waals surface area contributed by atoms with E-state index in [0.29, 0.717) is 12.2 Å². The van der Waals surface area contributed by atoms with Gasteiger partial charge in [0.25, 0.3) is 0 Å². The number of aryl methyl sites for hydroxylation is 1. The fourth-order valence-corrected chi connectivity index (χ4v) is 2.00. The molecule has 0 heterocycles. The predicted octanol–water partition coefficient (Wildman–Crippen LogP) is 0.843. The molecule has 1 amide bonds. The Morgan fingerprint density at radius 3 is 2.76 bits per heavy atom. The van der Waals surface area contributed by atoms with E-state index in [-0.39, 0.29) is 18.6 Å². The monoisotopic (exact) mass is 295 g/mol. The molecule has 0 aromatic heterocycles. The van der Waals surface area contributed by atoms with Crippen molar-refractivity contribution in [1.82, 2.24) is 4.90 Å². The minimum atomic E-state index is -0.617. The number of methoxy groups -OCH3 is 1. The highest BCUT2D eigenvalue weighted by atomic mass is 16.5. The van der Waals surface area contributed by atoms with Crippen molar-refractivity contribution in [3.63, 3.8) is 0 Å². The molecule has 118 valence electrons. The van der Waals surface area contributed by atoms with Crippen molar-refractivity contribution < 1.29 is 14.6 Å². The first-order chi connectivity index (χ1) is 9.85. The molecular weight excluding hydrogens is 270 g/mol. The van der Waals surface area contributed by atoms with Gasteiger partial charge < -0.3 is 20.9 Å². The van der Waals surface area contributed by atoms with Gasteiger partial charge in [0.2, 0.25) is 5.91 Å². The zero-order valence-electron chi connectivity index (χ0n) is 13.1. The van der Waals surface area contributed by atoms with E-state index in [1.165, 1.54) is 7.11 Å². The summed E-state index contributed by atoms with van der Waals surface area (Å²) in [5.74, 6) is -0.130. The number of carbonyl (C=O) groups is 1. The third-order valence-electron chi connectivity index (χ3n) is 3.41. The number of benzene rings is 1. The fraction of sp³-hybridized carbons (Fsp3) is 0.533. The molecule has 0 aliphatic carbocycles. The second-order valence-electron chi connectivity index (χ2n) is 5.29. The summed E-state index contributed by atoms with van der Waals surface area (Å²) in [6.07, 6.45) is -0.617. The van der Waals surface area contributed by atoms with Crippen LogP contribution in [0.25, 0.3) is 0 Å². The van der Waals surface area contributed by atoms with Crippen LogP contribution in [0.15, 0.2) is 18.2 Å². The number of aliphatic hydroxyl groups excluding tert-OH is 1. The first kappa shape index (κ1) is 17.4. The van der Waals surface area contributed by atoms with Crippen LogP contribution in [0.1, 0.15) is 12.5 Å². The number of likely N-dealkylation sites (N-methyl/N-ethyl adjacent to an activating group) is 1. The molecule has 1 rings (SSSR count). The average molecular weight is 295 g/mol. The number of rotatable bonds is 7. The number of hydrogen-bond acceptors (Lipinski definition) is 5. The molecule has 0 saturated heterocycles. The van der Waals surface area contributed by atoms with E-state index in [0.717, 1.165) is 11.3 Å². The number of hydrogen-bond donors (Lipinski definition) is 3. The number of nitrogens with two attached hydrogens (primary N) is 1. The zero-order valence-corrected chi connectivity index (χ0v) is 13.1. The normalized spacial score (nSPS) is 14.0. The maximum Gasteiger partial charge on any atom is 0.241 e. The van der Waals surface area contributed by atoms with Crippen LogP contribution in [-0.4, -0.2) is 55.4 Å². The van der Waals surface area contributed by atoms with Crippen LogP contribution in [0.5, 0.6) is 0 Å². The van der Waals surface area contributed by atoms with E-state index in [9.17, 15) is 9.90 Å². The third kappa shape index (κ3) is 5.34. The quantitative estimate of drug-likeness (QED) is 0.649. The summed E-state index contributed by atoms with van der Waals surface area (Å²) in [7, 11) is 3.32. The maximum atomic E-state index is 12.2. The van der Waals surface area contributed by atoms with Gasteiger partial charge in [-0.25, -0.2) is 0 Å². The number of anilines is 2. The van der Waals surface area contributed by atoms with Gasteiger partial charge in [0.05, 0.1) is 18.8 Å². The molecule has 21 heavy (non-hydrogen) atoms. The van der Waals surface area contributed by atoms with Crippen molar-refractivity contribution in [2.24, 2.45) is 0 Å². The highest BCUT2D eigenvalue weighted by Crippen LogP contribution is 2.18. The topological polar surface area (TPSA) is 87.8 Å². The van der Waals surface area contributed by atoms with Gasteiger partial charge in [-0.3, -0.25) is 9.69 Å². The molecule has 6 nitrogen and oxygen atoms in total. The second-order valence-corrected chi connectivity index (χ2v) is 5.29.